The molecule has 0 spiro atoms. The van der Waals surface area contributed by atoms with Gasteiger partial charge in [0.05, 0.1) is 16.6 Å². The van der Waals surface area contributed by atoms with E-state index >= 15 is 0 Å². The second kappa shape index (κ2) is 13.6. The van der Waals surface area contributed by atoms with Crippen LogP contribution in [-0.4, -0.2) is 19.5 Å². The van der Waals surface area contributed by atoms with Crippen molar-refractivity contribution in [2.24, 2.45) is 0 Å². The molecule has 306 valence electrons. The summed E-state index contributed by atoms with van der Waals surface area (Å²) in [7, 11) is 0. The number of fused-ring (bicyclic) bond motifs is 15. The molecule has 66 heavy (non-hydrogen) atoms. The maximum atomic E-state index is 6.92. The van der Waals surface area contributed by atoms with Crippen molar-refractivity contribution in [3.05, 3.63) is 194 Å². The maximum Gasteiger partial charge on any atom is 0.167 e. The summed E-state index contributed by atoms with van der Waals surface area (Å²) in [5, 5.41) is 14.0. The monoisotopic (exact) mass is 876 g/mol. The number of para-hydroxylation sites is 1. The van der Waals surface area contributed by atoms with Crippen LogP contribution < -0.4 is 0 Å². The lowest BCUT2D eigenvalue weighted by molar-refractivity contribution is 0.669. The van der Waals surface area contributed by atoms with Gasteiger partial charge < -0.3 is 8.98 Å². The van der Waals surface area contributed by atoms with E-state index in [0.717, 1.165) is 64.7 Å². The fourth-order valence-electron chi connectivity index (χ4n) is 10.4. The van der Waals surface area contributed by atoms with Crippen LogP contribution >= 0.6 is 22.7 Å². The first-order valence-electron chi connectivity index (χ1n) is 22.1. The number of hydrogen-bond donors (Lipinski definition) is 0. The van der Waals surface area contributed by atoms with Gasteiger partial charge in [0.25, 0.3) is 0 Å². The summed E-state index contributed by atoms with van der Waals surface area (Å²) in [6.45, 7) is 0. The molecule has 0 aliphatic heterocycles. The third kappa shape index (κ3) is 5.18. The van der Waals surface area contributed by atoms with Crippen molar-refractivity contribution in [2.75, 3.05) is 0 Å². The summed E-state index contributed by atoms with van der Waals surface area (Å²) in [6, 6.07) is 69.6. The van der Waals surface area contributed by atoms with E-state index in [4.69, 9.17) is 19.4 Å². The molecular weight excluding hydrogens is 845 g/mol. The minimum Gasteiger partial charge on any atom is -0.455 e. The second-order valence-electron chi connectivity index (χ2n) is 17.1. The molecule has 0 fully saturated rings. The minimum atomic E-state index is 0.549. The first-order chi connectivity index (χ1) is 32.7. The van der Waals surface area contributed by atoms with Crippen LogP contribution in [-0.2, 0) is 0 Å². The Labute approximate surface area is 384 Å². The molecule has 7 heteroatoms. The summed E-state index contributed by atoms with van der Waals surface area (Å²) < 4.78 is 14.1. The Morgan fingerprint density at radius 2 is 0.909 bits per heavy atom. The summed E-state index contributed by atoms with van der Waals surface area (Å²) in [5.41, 5.74) is 7.57. The average Bonchev–Trinajstić information content (AvgIpc) is 4.14. The van der Waals surface area contributed by atoms with E-state index < -0.39 is 0 Å². The zero-order valence-corrected chi connectivity index (χ0v) is 36.6. The topological polar surface area (TPSA) is 56.7 Å². The first-order valence-corrected chi connectivity index (χ1v) is 23.7. The van der Waals surface area contributed by atoms with E-state index in [-0.39, 0.29) is 0 Å². The maximum absolute atomic E-state index is 6.92. The number of nitrogens with zero attached hydrogens (tertiary/aromatic N) is 4. The van der Waals surface area contributed by atoms with E-state index in [2.05, 4.69) is 187 Å². The summed E-state index contributed by atoms with van der Waals surface area (Å²) in [4.78, 5) is 16.5. The predicted octanol–water partition coefficient (Wildman–Crippen LogP) is 16.9. The van der Waals surface area contributed by atoms with Crippen molar-refractivity contribution in [3.8, 4) is 39.9 Å². The zero-order chi connectivity index (χ0) is 43.0. The quantitative estimate of drug-likeness (QED) is 0.177. The highest BCUT2D eigenvalue weighted by atomic mass is 32.1. The molecule has 0 radical (unpaired) electrons. The number of hydrogen-bond acceptors (Lipinski definition) is 6. The molecule has 5 heterocycles. The largest absolute Gasteiger partial charge is 0.455 e. The Balaban J connectivity index is 1.08. The van der Waals surface area contributed by atoms with Gasteiger partial charge >= 0.3 is 0 Å². The van der Waals surface area contributed by atoms with Gasteiger partial charge in [-0.3, -0.25) is 0 Å². The van der Waals surface area contributed by atoms with Crippen molar-refractivity contribution >= 4 is 128 Å². The molecule has 5 nitrogen and oxygen atoms in total. The van der Waals surface area contributed by atoms with E-state index in [0.29, 0.717) is 17.5 Å². The first kappa shape index (κ1) is 36.1. The van der Waals surface area contributed by atoms with Gasteiger partial charge in [0.2, 0.25) is 0 Å². The zero-order valence-electron chi connectivity index (χ0n) is 35.0. The Bertz CT molecular complexity index is 4420. The lowest BCUT2D eigenvalue weighted by Gasteiger charge is -2.14. The number of benzene rings is 10. The average molecular weight is 877 g/mol. The molecule has 15 aromatic rings. The van der Waals surface area contributed by atoms with Crippen LogP contribution in [0.5, 0.6) is 0 Å². The van der Waals surface area contributed by atoms with Gasteiger partial charge in [0.15, 0.2) is 17.5 Å². The third-order valence-electron chi connectivity index (χ3n) is 13.4. The van der Waals surface area contributed by atoms with Crippen molar-refractivity contribution < 1.29 is 4.42 Å². The predicted molar refractivity (Wildman–Crippen MR) is 279 cm³/mol. The van der Waals surface area contributed by atoms with Crippen molar-refractivity contribution in [3.63, 3.8) is 0 Å². The van der Waals surface area contributed by atoms with E-state index in [9.17, 15) is 0 Å². The molecule has 0 bridgehead atoms. The van der Waals surface area contributed by atoms with Gasteiger partial charge in [-0.1, -0.05) is 140 Å². The molecule has 0 aliphatic carbocycles. The fraction of sp³-hybridized carbons (Fsp3) is 0. The van der Waals surface area contributed by atoms with E-state index in [1.807, 2.05) is 12.1 Å². The molecule has 0 amide bonds. The molecule has 0 saturated heterocycles. The third-order valence-corrected chi connectivity index (χ3v) is 15.8. The van der Waals surface area contributed by atoms with Crippen molar-refractivity contribution in [2.45, 2.75) is 0 Å². The molecule has 0 unspecified atom stereocenters. The number of thiophene rings is 2. The van der Waals surface area contributed by atoms with E-state index in [1.54, 1.807) is 22.7 Å². The van der Waals surface area contributed by atoms with Crippen LogP contribution in [0.3, 0.4) is 0 Å². The number of furan rings is 1. The minimum absolute atomic E-state index is 0.549. The summed E-state index contributed by atoms with van der Waals surface area (Å²) >= 11 is 3.56. The van der Waals surface area contributed by atoms with Gasteiger partial charge in [-0.2, -0.15) is 0 Å². The Morgan fingerprint density at radius 1 is 0.364 bits per heavy atom. The molecule has 0 aliphatic rings. The van der Waals surface area contributed by atoms with Gasteiger partial charge in [-0.25, -0.2) is 15.0 Å². The van der Waals surface area contributed by atoms with Crippen LogP contribution in [0.4, 0.5) is 0 Å². The van der Waals surface area contributed by atoms with Crippen LogP contribution in [0.25, 0.3) is 145 Å². The van der Waals surface area contributed by atoms with Crippen molar-refractivity contribution in [1.82, 2.24) is 19.5 Å². The van der Waals surface area contributed by atoms with Crippen LogP contribution in [0, 0.1) is 0 Å². The molecule has 0 N–H and O–H groups in total. The molecule has 0 atom stereocenters. The SMILES string of the molecule is c1ccc2cc3c(cc2c1)c1ccc2ccccc2c1n3-c1cc(-c2nc(-c3cccc4c3sc3ccccc34)nc(-c3cccc4c3sc3ccccc34)n2)c2oc3ccccc3c2c1. The lowest BCUT2D eigenvalue weighted by Crippen LogP contribution is -2.02. The smallest absolute Gasteiger partial charge is 0.167 e. The highest BCUT2D eigenvalue weighted by Crippen LogP contribution is 2.45. The Morgan fingerprint density at radius 3 is 1.59 bits per heavy atom. The number of aromatic nitrogens is 4. The van der Waals surface area contributed by atoms with Gasteiger partial charge in [-0.05, 0) is 70.8 Å². The molecule has 10 aromatic carbocycles. The van der Waals surface area contributed by atoms with Crippen LogP contribution in [0.1, 0.15) is 0 Å². The lowest BCUT2D eigenvalue weighted by atomic mass is 10.0. The van der Waals surface area contributed by atoms with Gasteiger partial charge in [0, 0.05) is 84.1 Å². The summed E-state index contributed by atoms with van der Waals surface area (Å²) in [5.74, 6) is 1.79. The van der Waals surface area contributed by atoms with Crippen molar-refractivity contribution in [1.29, 1.82) is 0 Å². The number of rotatable bonds is 4. The summed E-state index contributed by atoms with van der Waals surface area (Å²) in [6.07, 6.45) is 0. The highest BCUT2D eigenvalue weighted by molar-refractivity contribution is 7.26. The standard InChI is InChI=1S/C59H32N4OS2/c1-2-15-35-30-49-46(29-34(35)14-1)41-28-27-33-13-3-4-16-37(33)53(41)63(49)36-31-47-38-17-5-8-24-50(38)64-54(47)48(32-36)59-61-57(44-22-11-20-42-39-18-6-9-25-51(39)65-55(42)44)60-58(62-59)45-23-12-21-43-40-19-7-10-26-52(40)66-56(43)45/h1-32H. The van der Waals surface area contributed by atoms with Gasteiger partial charge in [-0.15, -0.1) is 22.7 Å². The molecular formula is C59H32N4OS2. The highest BCUT2D eigenvalue weighted by Gasteiger charge is 2.24. The molecule has 5 aromatic heterocycles. The van der Waals surface area contributed by atoms with Crippen LogP contribution in [0.15, 0.2) is 199 Å². The molecule has 0 saturated carbocycles. The second-order valence-corrected chi connectivity index (χ2v) is 19.2. The normalized spacial score (nSPS) is 12.2. The molecule has 15 rings (SSSR count). The Hall–Kier alpha value is -8.23. The van der Waals surface area contributed by atoms with E-state index in [1.165, 1.54) is 63.3 Å². The van der Waals surface area contributed by atoms with Crippen LogP contribution in [0.2, 0.25) is 0 Å². The Kier molecular flexibility index (Phi) is 7.47. The van der Waals surface area contributed by atoms with Gasteiger partial charge in [0.1, 0.15) is 11.2 Å². The fourth-order valence-corrected chi connectivity index (χ4v) is 12.8.